The van der Waals surface area contributed by atoms with Crippen molar-refractivity contribution in [3.8, 4) is 11.8 Å². The van der Waals surface area contributed by atoms with Crippen LogP contribution < -0.4 is 5.32 Å². The lowest BCUT2D eigenvalue weighted by molar-refractivity contribution is -0.134. The molecule has 0 aromatic heterocycles. The fourth-order valence-electron chi connectivity index (χ4n) is 1.25. The number of carbonyl (C=O) groups excluding carboxylic acids is 2. The van der Waals surface area contributed by atoms with Gasteiger partial charge >= 0.3 is 0 Å². The maximum absolute atomic E-state index is 11.4. The molecule has 0 heterocycles. The molecule has 70 valence electrons. The molecule has 0 radical (unpaired) electrons. The Balaban J connectivity index is 2.47. The molecule has 13 heavy (non-hydrogen) atoms. The monoisotopic (exact) mass is 179 g/mol. The summed E-state index contributed by atoms with van der Waals surface area (Å²) in [6.45, 7) is 3.52. The first-order valence-electron chi connectivity index (χ1n) is 4.32. The average Bonchev–Trinajstić information content (AvgIpc) is 2.84. The minimum absolute atomic E-state index is 0.0329. The highest BCUT2D eigenvalue weighted by Gasteiger charge is 2.53. The highest BCUT2D eigenvalue weighted by Crippen LogP contribution is 2.46. The third-order valence-corrected chi connectivity index (χ3v) is 2.37. The molecule has 1 aliphatic carbocycles. The normalized spacial score (nSPS) is 16.8. The molecule has 1 fully saturated rings. The molecule has 0 aromatic carbocycles. The summed E-state index contributed by atoms with van der Waals surface area (Å²) in [4.78, 5) is 22.5. The van der Waals surface area contributed by atoms with Crippen molar-refractivity contribution < 1.29 is 9.59 Å². The molecule has 0 spiro atoms. The van der Waals surface area contributed by atoms with E-state index in [1.165, 1.54) is 6.92 Å². The van der Waals surface area contributed by atoms with Crippen molar-refractivity contribution in [2.24, 2.45) is 5.41 Å². The quantitative estimate of drug-likeness (QED) is 0.506. The summed E-state index contributed by atoms with van der Waals surface area (Å²) in [5, 5.41) is 2.63. The van der Waals surface area contributed by atoms with Gasteiger partial charge in [0, 0.05) is 0 Å². The SMILES string of the molecule is CC#CCNC(=O)C1(C(C)=O)CC1. The van der Waals surface area contributed by atoms with Gasteiger partial charge in [0.05, 0.1) is 6.54 Å². The van der Waals surface area contributed by atoms with Crippen LogP contribution in [0.4, 0.5) is 0 Å². The van der Waals surface area contributed by atoms with Gasteiger partial charge in [-0.05, 0) is 26.7 Å². The van der Waals surface area contributed by atoms with Crippen LogP contribution in [0.2, 0.25) is 0 Å². The summed E-state index contributed by atoms with van der Waals surface area (Å²) in [6.07, 6.45) is 1.38. The first-order valence-corrected chi connectivity index (χ1v) is 4.32. The third-order valence-electron chi connectivity index (χ3n) is 2.37. The number of Topliss-reactive ketones (excluding diaryl/α,β-unsaturated/α-hetero) is 1. The largest absolute Gasteiger partial charge is 0.344 e. The van der Waals surface area contributed by atoms with E-state index in [4.69, 9.17) is 0 Å². The molecule has 1 saturated carbocycles. The maximum Gasteiger partial charge on any atom is 0.234 e. The molecule has 0 aromatic rings. The topological polar surface area (TPSA) is 46.2 Å². The second-order valence-electron chi connectivity index (χ2n) is 3.25. The van der Waals surface area contributed by atoms with E-state index < -0.39 is 5.41 Å². The molecule has 3 nitrogen and oxygen atoms in total. The lowest BCUT2D eigenvalue weighted by Crippen LogP contribution is -2.36. The number of carbonyl (C=O) groups is 2. The van der Waals surface area contributed by atoms with Crippen molar-refractivity contribution in [1.29, 1.82) is 0 Å². The molecule has 1 amide bonds. The van der Waals surface area contributed by atoms with Crippen LogP contribution in [-0.4, -0.2) is 18.2 Å². The second kappa shape index (κ2) is 3.61. The van der Waals surface area contributed by atoms with Crippen LogP contribution in [0.25, 0.3) is 0 Å². The molecule has 0 bridgehead atoms. The van der Waals surface area contributed by atoms with Crippen molar-refractivity contribution >= 4 is 11.7 Å². The Morgan fingerprint density at radius 3 is 2.46 bits per heavy atom. The maximum atomic E-state index is 11.4. The van der Waals surface area contributed by atoms with E-state index in [0.717, 1.165) is 0 Å². The van der Waals surface area contributed by atoms with Crippen molar-refractivity contribution in [3.63, 3.8) is 0 Å². The molecule has 1 rings (SSSR count). The molecule has 1 N–H and O–H groups in total. The Morgan fingerprint density at radius 2 is 2.08 bits per heavy atom. The Kier molecular flexibility index (Phi) is 2.72. The predicted molar refractivity (Wildman–Crippen MR) is 48.8 cm³/mol. The van der Waals surface area contributed by atoms with Crippen LogP contribution in [-0.2, 0) is 9.59 Å². The summed E-state index contributed by atoms with van der Waals surface area (Å²) in [5.41, 5.74) is -0.699. The van der Waals surface area contributed by atoms with Crippen LogP contribution in [0.3, 0.4) is 0 Å². The molecule has 3 heteroatoms. The first-order chi connectivity index (χ1) is 6.13. The van der Waals surface area contributed by atoms with Crippen LogP contribution in [0, 0.1) is 17.3 Å². The first kappa shape index (κ1) is 9.79. The standard InChI is InChI=1S/C10H13NO2/c1-3-4-7-11-9(13)10(5-6-10)8(2)12/h5-7H2,1-2H3,(H,11,13). The van der Waals surface area contributed by atoms with Gasteiger partial charge in [-0.3, -0.25) is 9.59 Å². The zero-order valence-electron chi connectivity index (χ0n) is 7.94. The predicted octanol–water partition coefficient (Wildman–Crippen LogP) is 0.495. The molecule has 0 saturated heterocycles. The van der Waals surface area contributed by atoms with E-state index in [1.807, 2.05) is 0 Å². The van der Waals surface area contributed by atoms with E-state index >= 15 is 0 Å². The highest BCUT2D eigenvalue weighted by atomic mass is 16.2. The molecule has 0 atom stereocenters. The minimum Gasteiger partial charge on any atom is -0.344 e. The summed E-state index contributed by atoms with van der Waals surface area (Å²) in [5.74, 6) is 5.20. The molecular formula is C10H13NO2. The number of nitrogens with one attached hydrogen (secondary N) is 1. The van der Waals surface area contributed by atoms with Crippen LogP contribution >= 0.6 is 0 Å². The summed E-state index contributed by atoms with van der Waals surface area (Å²) in [7, 11) is 0. The van der Waals surface area contributed by atoms with E-state index in [2.05, 4.69) is 17.2 Å². The van der Waals surface area contributed by atoms with Crippen molar-refractivity contribution in [3.05, 3.63) is 0 Å². The van der Waals surface area contributed by atoms with Gasteiger partial charge in [-0.2, -0.15) is 0 Å². The molecule has 0 unspecified atom stereocenters. The van der Waals surface area contributed by atoms with Crippen LogP contribution in [0.15, 0.2) is 0 Å². The van der Waals surface area contributed by atoms with E-state index in [0.29, 0.717) is 19.4 Å². The van der Waals surface area contributed by atoms with Crippen molar-refractivity contribution in [1.82, 2.24) is 5.32 Å². The van der Waals surface area contributed by atoms with E-state index in [-0.39, 0.29) is 11.7 Å². The van der Waals surface area contributed by atoms with Crippen molar-refractivity contribution in [2.45, 2.75) is 26.7 Å². The fraction of sp³-hybridized carbons (Fsp3) is 0.600. The lowest BCUT2D eigenvalue weighted by atomic mass is 10.0. The van der Waals surface area contributed by atoms with Gasteiger partial charge in [0.2, 0.25) is 5.91 Å². The van der Waals surface area contributed by atoms with Gasteiger partial charge in [-0.25, -0.2) is 0 Å². The van der Waals surface area contributed by atoms with Crippen LogP contribution in [0.5, 0.6) is 0 Å². The number of amides is 1. The van der Waals surface area contributed by atoms with Gasteiger partial charge in [0.1, 0.15) is 11.2 Å². The summed E-state index contributed by atoms with van der Waals surface area (Å²) < 4.78 is 0. The van der Waals surface area contributed by atoms with Gasteiger partial charge in [-0.15, -0.1) is 5.92 Å². The van der Waals surface area contributed by atoms with E-state index in [9.17, 15) is 9.59 Å². The van der Waals surface area contributed by atoms with Gasteiger partial charge in [0.25, 0.3) is 0 Å². The lowest BCUT2D eigenvalue weighted by Gasteiger charge is -2.09. The minimum atomic E-state index is -0.699. The summed E-state index contributed by atoms with van der Waals surface area (Å²) >= 11 is 0. The number of hydrogen-bond donors (Lipinski definition) is 1. The second-order valence-corrected chi connectivity index (χ2v) is 3.25. The van der Waals surface area contributed by atoms with E-state index in [1.54, 1.807) is 6.92 Å². The van der Waals surface area contributed by atoms with Gasteiger partial charge in [-0.1, -0.05) is 5.92 Å². The highest BCUT2D eigenvalue weighted by molar-refractivity contribution is 6.07. The Morgan fingerprint density at radius 1 is 1.46 bits per heavy atom. The fourth-order valence-corrected chi connectivity index (χ4v) is 1.25. The summed E-state index contributed by atoms with van der Waals surface area (Å²) in [6, 6.07) is 0. The molecular weight excluding hydrogens is 166 g/mol. The van der Waals surface area contributed by atoms with Gasteiger partial charge in [0.15, 0.2) is 0 Å². The average molecular weight is 179 g/mol. The Hall–Kier alpha value is -1.30. The van der Waals surface area contributed by atoms with Crippen molar-refractivity contribution in [2.75, 3.05) is 6.54 Å². The number of rotatable bonds is 3. The Bertz CT molecular complexity index is 292. The number of ketones is 1. The molecule has 0 aliphatic heterocycles. The zero-order valence-corrected chi connectivity index (χ0v) is 7.94. The Labute approximate surface area is 77.9 Å². The zero-order chi connectivity index (χ0) is 9.90. The third kappa shape index (κ3) is 1.89. The number of hydrogen-bond acceptors (Lipinski definition) is 2. The smallest absolute Gasteiger partial charge is 0.234 e. The van der Waals surface area contributed by atoms with Gasteiger partial charge < -0.3 is 5.32 Å². The molecule has 1 aliphatic rings. The van der Waals surface area contributed by atoms with Crippen LogP contribution in [0.1, 0.15) is 26.7 Å².